The van der Waals surface area contributed by atoms with Gasteiger partial charge in [-0.15, -0.1) is 0 Å². The lowest BCUT2D eigenvalue weighted by Crippen LogP contribution is -2.43. The predicted octanol–water partition coefficient (Wildman–Crippen LogP) is 3.35. The zero-order valence-electron chi connectivity index (χ0n) is 12.0. The maximum absolute atomic E-state index is 13.2. The van der Waals surface area contributed by atoms with Crippen LogP contribution < -0.4 is 5.32 Å². The summed E-state index contributed by atoms with van der Waals surface area (Å²) < 4.78 is 13.2. The maximum atomic E-state index is 13.2. The van der Waals surface area contributed by atoms with Crippen LogP contribution in [-0.4, -0.2) is 30.6 Å². The summed E-state index contributed by atoms with van der Waals surface area (Å²) in [4.78, 5) is 2.53. The van der Waals surface area contributed by atoms with Gasteiger partial charge in [0.25, 0.3) is 0 Å². The van der Waals surface area contributed by atoms with Gasteiger partial charge in [0.15, 0.2) is 0 Å². The third-order valence-corrected chi connectivity index (χ3v) is 3.96. The Bertz CT molecular complexity index is 386. The first-order valence-corrected chi connectivity index (χ1v) is 7.43. The van der Waals surface area contributed by atoms with E-state index in [9.17, 15) is 4.39 Å². The Morgan fingerprint density at radius 2 is 2.11 bits per heavy atom. The summed E-state index contributed by atoms with van der Waals surface area (Å²) >= 11 is 0. The number of nitrogens with one attached hydrogen (secondary N) is 1. The van der Waals surface area contributed by atoms with Gasteiger partial charge in [0.05, 0.1) is 0 Å². The number of benzene rings is 1. The van der Waals surface area contributed by atoms with Crippen LogP contribution in [0.3, 0.4) is 0 Å². The lowest BCUT2D eigenvalue weighted by Gasteiger charge is -2.33. The monoisotopic (exact) mass is 264 g/mol. The highest BCUT2D eigenvalue weighted by atomic mass is 19.1. The average Bonchev–Trinajstić information content (AvgIpc) is 2.41. The number of halogens is 1. The van der Waals surface area contributed by atoms with E-state index < -0.39 is 0 Å². The summed E-state index contributed by atoms with van der Waals surface area (Å²) in [6.45, 7) is 7.93. The molecule has 1 saturated heterocycles. The summed E-state index contributed by atoms with van der Waals surface area (Å²) in [6, 6.07) is 7.69. The summed E-state index contributed by atoms with van der Waals surface area (Å²) in [7, 11) is 0. The average molecular weight is 264 g/mol. The zero-order valence-corrected chi connectivity index (χ0v) is 12.0. The van der Waals surface area contributed by atoms with E-state index >= 15 is 0 Å². The second-order valence-electron chi connectivity index (χ2n) is 5.56. The van der Waals surface area contributed by atoms with Crippen molar-refractivity contribution in [2.24, 2.45) is 0 Å². The summed E-state index contributed by atoms with van der Waals surface area (Å²) in [5, 5.41) is 3.63. The fourth-order valence-electron chi connectivity index (χ4n) is 2.87. The molecule has 106 valence electrons. The van der Waals surface area contributed by atoms with Gasteiger partial charge >= 0.3 is 0 Å². The third kappa shape index (κ3) is 4.29. The first-order chi connectivity index (χ1) is 9.19. The minimum absolute atomic E-state index is 0.149. The highest BCUT2D eigenvalue weighted by molar-refractivity contribution is 5.19. The van der Waals surface area contributed by atoms with Gasteiger partial charge in [-0.2, -0.15) is 0 Å². The summed E-state index contributed by atoms with van der Waals surface area (Å²) in [6.07, 6.45) is 3.62. The molecule has 1 aliphatic rings. The van der Waals surface area contributed by atoms with Crippen LogP contribution >= 0.6 is 0 Å². The highest BCUT2D eigenvalue weighted by Gasteiger charge is 2.20. The molecule has 2 rings (SSSR count). The number of hydrogen-bond acceptors (Lipinski definition) is 2. The van der Waals surface area contributed by atoms with Crippen molar-refractivity contribution in [1.82, 2.24) is 10.2 Å². The van der Waals surface area contributed by atoms with E-state index in [-0.39, 0.29) is 11.9 Å². The van der Waals surface area contributed by atoms with E-state index in [0.29, 0.717) is 6.04 Å². The van der Waals surface area contributed by atoms with Crippen molar-refractivity contribution in [2.45, 2.75) is 45.2 Å². The predicted molar refractivity (Wildman–Crippen MR) is 77.7 cm³/mol. The van der Waals surface area contributed by atoms with Crippen molar-refractivity contribution in [1.29, 1.82) is 0 Å². The molecule has 0 aliphatic carbocycles. The second kappa shape index (κ2) is 7.01. The van der Waals surface area contributed by atoms with E-state index in [1.807, 2.05) is 6.07 Å². The Morgan fingerprint density at radius 1 is 1.37 bits per heavy atom. The molecule has 2 nitrogen and oxygen atoms in total. The molecule has 0 bridgehead atoms. The summed E-state index contributed by atoms with van der Waals surface area (Å²) in [5.74, 6) is -0.149. The van der Waals surface area contributed by atoms with Crippen molar-refractivity contribution < 1.29 is 4.39 Å². The van der Waals surface area contributed by atoms with Crippen LogP contribution in [0.15, 0.2) is 24.3 Å². The van der Waals surface area contributed by atoms with Crippen LogP contribution in [0.4, 0.5) is 4.39 Å². The number of piperidine rings is 1. The molecule has 1 aromatic rings. The number of rotatable bonds is 5. The van der Waals surface area contributed by atoms with E-state index in [1.54, 1.807) is 12.1 Å². The first kappa shape index (κ1) is 14.5. The molecule has 1 aliphatic heterocycles. The normalized spacial score (nSPS) is 19.5. The lowest BCUT2D eigenvalue weighted by molar-refractivity contribution is 0.192. The van der Waals surface area contributed by atoms with Gasteiger partial charge in [-0.3, -0.25) is 0 Å². The largest absolute Gasteiger partial charge is 0.307 e. The molecular weight excluding hydrogens is 239 g/mol. The standard InChI is InChI=1S/C16H25FN2/c1-3-9-19-10-7-16(8-11-19)18-13(2)14-5-4-6-15(17)12-14/h4-6,12-13,16,18H,3,7-11H2,1-2H3/t13-/m1/s1. The van der Waals surface area contributed by atoms with Gasteiger partial charge < -0.3 is 10.2 Å². The van der Waals surface area contributed by atoms with Crippen LogP contribution in [0.5, 0.6) is 0 Å². The van der Waals surface area contributed by atoms with Crippen LogP contribution in [0.1, 0.15) is 44.7 Å². The number of likely N-dealkylation sites (tertiary alicyclic amines) is 1. The smallest absolute Gasteiger partial charge is 0.123 e. The van der Waals surface area contributed by atoms with E-state index in [1.165, 1.54) is 45.0 Å². The fraction of sp³-hybridized carbons (Fsp3) is 0.625. The van der Waals surface area contributed by atoms with Crippen molar-refractivity contribution in [3.05, 3.63) is 35.6 Å². The van der Waals surface area contributed by atoms with Crippen LogP contribution in [0.2, 0.25) is 0 Å². The molecule has 19 heavy (non-hydrogen) atoms. The van der Waals surface area contributed by atoms with Crippen molar-refractivity contribution in [3.63, 3.8) is 0 Å². The lowest BCUT2D eigenvalue weighted by atomic mass is 10.0. The molecule has 1 heterocycles. The minimum Gasteiger partial charge on any atom is -0.307 e. The van der Waals surface area contributed by atoms with Gasteiger partial charge in [0.1, 0.15) is 5.82 Å². The molecule has 3 heteroatoms. The van der Waals surface area contributed by atoms with Gasteiger partial charge in [-0.1, -0.05) is 19.1 Å². The second-order valence-corrected chi connectivity index (χ2v) is 5.56. The Labute approximate surface area is 116 Å². The third-order valence-electron chi connectivity index (χ3n) is 3.96. The Kier molecular flexibility index (Phi) is 5.34. The molecule has 0 unspecified atom stereocenters. The van der Waals surface area contributed by atoms with Gasteiger partial charge in [0.2, 0.25) is 0 Å². The van der Waals surface area contributed by atoms with Crippen molar-refractivity contribution >= 4 is 0 Å². The molecule has 0 spiro atoms. The molecular formula is C16H25FN2. The van der Waals surface area contributed by atoms with Gasteiger partial charge in [0, 0.05) is 12.1 Å². The molecule has 0 saturated carbocycles. The van der Waals surface area contributed by atoms with Gasteiger partial charge in [-0.25, -0.2) is 4.39 Å². The molecule has 1 N–H and O–H groups in total. The quantitative estimate of drug-likeness (QED) is 0.877. The fourth-order valence-corrected chi connectivity index (χ4v) is 2.87. The van der Waals surface area contributed by atoms with Crippen molar-refractivity contribution in [2.75, 3.05) is 19.6 Å². The highest BCUT2D eigenvalue weighted by Crippen LogP contribution is 2.18. The molecule has 0 amide bonds. The van der Waals surface area contributed by atoms with Gasteiger partial charge in [-0.05, 0) is 63.5 Å². The molecule has 0 aromatic heterocycles. The number of hydrogen-bond donors (Lipinski definition) is 1. The first-order valence-electron chi connectivity index (χ1n) is 7.43. The molecule has 1 fully saturated rings. The Balaban J connectivity index is 1.82. The molecule has 0 radical (unpaired) electrons. The van der Waals surface area contributed by atoms with Crippen LogP contribution in [-0.2, 0) is 0 Å². The van der Waals surface area contributed by atoms with E-state index in [2.05, 4.69) is 24.1 Å². The maximum Gasteiger partial charge on any atom is 0.123 e. The Hall–Kier alpha value is -0.930. The van der Waals surface area contributed by atoms with E-state index in [4.69, 9.17) is 0 Å². The van der Waals surface area contributed by atoms with Crippen molar-refractivity contribution in [3.8, 4) is 0 Å². The van der Waals surface area contributed by atoms with Crippen LogP contribution in [0, 0.1) is 5.82 Å². The SMILES string of the molecule is CCCN1CCC(N[C@H](C)c2cccc(F)c2)CC1. The molecule has 1 aromatic carbocycles. The molecule has 1 atom stereocenters. The van der Waals surface area contributed by atoms with Crippen LogP contribution in [0.25, 0.3) is 0 Å². The summed E-state index contributed by atoms with van der Waals surface area (Å²) in [5.41, 5.74) is 1.04. The minimum atomic E-state index is -0.149. The topological polar surface area (TPSA) is 15.3 Å². The number of nitrogens with zero attached hydrogens (tertiary/aromatic N) is 1. The Morgan fingerprint density at radius 3 is 2.74 bits per heavy atom. The zero-order chi connectivity index (χ0) is 13.7. The van der Waals surface area contributed by atoms with E-state index in [0.717, 1.165) is 5.56 Å².